The maximum Gasteiger partial charge on any atom is 0.161 e. The van der Waals surface area contributed by atoms with Crippen LogP contribution in [0.5, 0.6) is 11.5 Å². The number of rotatable bonds is 8. The molecule has 0 aliphatic heterocycles. The molecule has 1 aromatic rings. The number of methoxy groups -OCH3 is 2. The maximum absolute atomic E-state index is 5.66. The largest absolute Gasteiger partial charge is 0.493 e. The van der Waals surface area contributed by atoms with E-state index in [2.05, 4.69) is 19.3 Å². The third-order valence-corrected chi connectivity index (χ3v) is 3.29. The van der Waals surface area contributed by atoms with Gasteiger partial charge in [-0.3, -0.25) is 11.3 Å². The summed E-state index contributed by atoms with van der Waals surface area (Å²) in [7, 11) is 3.28. The van der Waals surface area contributed by atoms with Crippen molar-refractivity contribution in [2.45, 2.75) is 39.2 Å². The quantitative estimate of drug-likeness (QED) is 0.561. The summed E-state index contributed by atoms with van der Waals surface area (Å²) in [4.78, 5) is 0. The van der Waals surface area contributed by atoms with Gasteiger partial charge in [-0.05, 0) is 30.0 Å². The Morgan fingerprint density at radius 1 is 1.11 bits per heavy atom. The molecule has 4 heteroatoms. The van der Waals surface area contributed by atoms with Crippen LogP contribution in [0, 0.1) is 5.92 Å². The highest BCUT2D eigenvalue weighted by atomic mass is 16.5. The number of hydrogen-bond acceptors (Lipinski definition) is 4. The van der Waals surface area contributed by atoms with Crippen LogP contribution in [-0.4, -0.2) is 14.2 Å². The summed E-state index contributed by atoms with van der Waals surface area (Å²) in [5, 5.41) is 0. The molecular weight excluding hydrogens is 240 g/mol. The second kappa shape index (κ2) is 8.02. The molecule has 19 heavy (non-hydrogen) atoms. The molecule has 0 aromatic heterocycles. The predicted octanol–water partition coefficient (Wildman–Crippen LogP) is 3.03. The van der Waals surface area contributed by atoms with Crippen molar-refractivity contribution in [2.24, 2.45) is 11.8 Å². The molecule has 1 unspecified atom stereocenters. The Balaban J connectivity index is 2.75. The molecule has 0 spiro atoms. The molecule has 0 aliphatic carbocycles. The van der Waals surface area contributed by atoms with E-state index in [0.29, 0.717) is 0 Å². The molecule has 0 fully saturated rings. The first-order valence-corrected chi connectivity index (χ1v) is 6.80. The molecule has 0 saturated carbocycles. The Kier molecular flexibility index (Phi) is 6.67. The van der Waals surface area contributed by atoms with Crippen LogP contribution in [0.1, 0.15) is 44.7 Å². The Bertz CT molecular complexity index is 380. The zero-order valence-electron chi connectivity index (χ0n) is 12.4. The molecule has 108 valence electrons. The lowest BCUT2D eigenvalue weighted by Crippen LogP contribution is -2.28. The molecule has 0 saturated heterocycles. The highest BCUT2D eigenvalue weighted by molar-refractivity contribution is 5.43. The summed E-state index contributed by atoms with van der Waals surface area (Å²) < 4.78 is 10.6. The number of hydrogen-bond donors (Lipinski definition) is 2. The first-order valence-electron chi connectivity index (χ1n) is 6.80. The van der Waals surface area contributed by atoms with Crippen LogP contribution in [0.3, 0.4) is 0 Å². The smallest absolute Gasteiger partial charge is 0.161 e. The van der Waals surface area contributed by atoms with Crippen molar-refractivity contribution in [3.05, 3.63) is 23.8 Å². The Hall–Kier alpha value is -1.26. The highest BCUT2D eigenvalue weighted by Crippen LogP contribution is 2.31. The van der Waals surface area contributed by atoms with E-state index in [4.69, 9.17) is 15.3 Å². The van der Waals surface area contributed by atoms with Crippen molar-refractivity contribution in [1.29, 1.82) is 0 Å². The topological polar surface area (TPSA) is 56.5 Å². The van der Waals surface area contributed by atoms with Gasteiger partial charge in [0.05, 0.1) is 14.2 Å². The van der Waals surface area contributed by atoms with E-state index in [-0.39, 0.29) is 6.04 Å². The van der Waals surface area contributed by atoms with Crippen LogP contribution < -0.4 is 20.7 Å². The van der Waals surface area contributed by atoms with Gasteiger partial charge >= 0.3 is 0 Å². The molecule has 1 atom stereocenters. The lowest BCUT2D eigenvalue weighted by Gasteiger charge is -2.18. The van der Waals surface area contributed by atoms with E-state index in [9.17, 15) is 0 Å². The van der Waals surface area contributed by atoms with Crippen molar-refractivity contribution in [3.63, 3.8) is 0 Å². The van der Waals surface area contributed by atoms with Gasteiger partial charge in [-0.15, -0.1) is 0 Å². The number of nitrogens with one attached hydrogen (secondary N) is 1. The van der Waals surface area contributed by atoms with Gasteiger partial charge in [0.15, 0.2) is 11.5 Å². The molecule has 1 aromatic carbocycles. The summed E-state index contributed by atoms with van der Waals surface area (Å²) >= 11 is 0. The van der Waals surface area contributed by atoms with Crippen LogP contribution in [0.25, 0.3) is 0 Å². The number of ether oxygens (including phenoxy) is 2. The molecule has 0 radical (unpaired) electrons. The molecule has 1 rings (SSSR count). The van der Waals surface area contributed by atoms with Crippen molar-refractivity contribution < 1.29 is 9.47 Å². The van der Waals surface area contributed by atoms with Gasteiger partial charge in [-0.25, -0.2) is 0 Å². The fourth-order valence-corrected chi connectivity index (χ4v) is 2.15. The van der Waals surface area contributed by atoms with E-state index in [1.807, 2.05) is 18.2 Å². The Morgan fingerprint density at radius 2 is 1.79 bits per heavy atom. The average molecular weight is 266 g/mol. The summed E-state index contributed by atoms with van der Waals surface area (Å²) in [6, 6.07) is 6.08. The van der Waals surface area contributed by atoms with Crippen LogP contribution in [0.15, 0.2) is 18.2 Å². The summed E-state index contributed by atoms with van der Waals surface area (Å²) in [6.07, 6.45) is 3.39. The third kappa shape index (κ3) is 4.73. The third-order valence-electron chi connectivity index (χ3n) is 3.29. The molecule has 0 aliphatic rings. The van der Waals surface area contributed by atoms with Crippen molar-refractivity contribution in [1.82, 2.24) is 5.43 Å². The minimum Gasteiger partial charge on any atom is -0.493 e. The van der Waals surface area contributed by atoms with Crippen molar-refractivity contribution in [2.75, 3.05) is 14.2 Å². The minimum absolute atomic E-state index is 0.151. The van der Waals surface area contributed by atoms with E-state index in [1.165, 1.54) is 6.42 Å². The van der Waals surface area contributed by atoms with Gasteiger partial charge in [-0.2, -0.15) is 0 Å². The number of hydrazine groups is 1. The van der Waals surface area contributed by atoms with Crippen LogP contribution in [-0.2, 0) is 0 Å². The maximum atomic E-state index is 5.66. The normalized spacial score (nSPS) is 12.5. The predicted molar refractivity (Wildman–Crippen MR) is 78.3 cm³/mol. The van der Waals surface area contributed by atoms with Crippen LogP contribution in [0.4, 0.5) is 0 Å². The van der Waals surface area contributed by atoms with E-state index >= 15 is 0 Å². The van der Waals surface area contributed by atoms with Gasteiger partial charge in [0.25, 0.3) is 0 Å². The zero-order chi connectivity index (χ0) is 14.3. The molecule has 0 bridgehead atoms. The number of nitrogens with two attached hydrogens (primary N) is 1. The average Bonchev–Trinajstić information content (AvgIpc) is 2.42. The van der Waals surface area contributed by atoms with Gasteiger partial charge < -0.3 is 9.47 Å². The van der Waals surface area contributed by atoms with Gasteiger partial charge in [-0.1, -0.05) is 32.8 Å². The molecule has 3 N–H and O–H groups in total. The summed E-state index contributed by atoms with van der Waals surface area (Å²) in [5.41, 5.74) is 4.01. The SMILES string of the molecule is COc1ccc(C(CCCC(C)C)NN)cc1OC. The fraction of sp³-hybridized carbons (Fsp3) is 0.600. The number of benzene rings is 1. The molecule has 0 heterocycles. The lowest BCUT2D eigenvalue weighted by atomic mass is 9.98. The standard InChI is InChI=1S/C15H26N2O2/c1-11(2)6-5-7-13(17-16)12-8-9-14(18-3)15(10-12)19-4/h8-11,13,17H,5-7,16H2,1-4H3. The zero-order valence-corrected chi connectivity index (χ0v) is 12.4. The Labute approximate surface area is 116 Å². The monoisotopic (exact) mass is 266 g/mol. The van der Waals surface area contributed by atoms with E-state index < -0.39 is 0 Å². The van der Waals surface area contributed by atoms with E-state index in [1.54, 1.807) is 14.2 Å². The second-order valence-electron chi connectivity index (χ2n) is 5.16. The second-order valence-corrected chi connectivity index (χ2v) is 5.16. The van der Waals surface area contributed by atoms with Crippen LogP contribution >= 0.6 is 0 Å². The van der Waals surface area contributed by atoms with Crippen molar-refractivity contribution in [3.8, 4) is 11.5 Å². The van der Waals surface area contributed by atoms with Gasteiger partial charge in [0.1, 0.15) is 0 Å². The first-order chi connectivity index (χ1) is 9.12. The lowest BCUT2D eigenvalue weighted by molar-refractivity contribution is 0.353. The first kappa shape index (κ1) is 15.8. The molecule has 4 nitrogen and oxygen atoms in total. The van der Waals surface area contributed by atoms with Crippen LogP contribution in [0.2, 0.25) is 0 Å². The van der Waals surface area contributed by atoms with Gasteiger partial charge in [0.2, 0.25) is 0 Å². The minimum atomic E-state index is 0.151. The van der Waals surface area contributed by atoms with E-state index in [0.717, 1.165) is 35.8 Å². The molecular formula is C15H26N2O2. The van der Waals surface area contributed by atoms with Crippen molar-refractivity contribution >= 4 is 0 Å². The summed E-state index contributed by atoms with van der Waals surface area (Å²) in [5.74, 6) is 7.87. The Morgan fingerprint density at radius 3 is 2.32 bits per heavy atom. The highest BCUT2D eigenvalue weighted by Gasteiger charge is 2.13. The van der Waals surface area contributed by atoms with Gasteiger partial charge in [0, 0.05) is 6.04 Å². The molecule has 0 amide bonds. The fourth-order valence-electron chi connectivity index (χ4n) is 2.15. The summed E-state index contributed by atoms with van der Waals surface area (Å²) in [6.45, 7) is 4.47.